The monoisotopic (exact) mass is 309 g/mol. The molecular formula is C15H7F4NO2. The third kappa shape index (κ3) is 2.05. The average Bonchev–Trinajstić information content (AvgIpc) is 2.71. The molecule has 0 amide bonds. The van der Waals surface area contributed by atoms with Gasteiger partial charge >= 0.3 is 6.18 Å². The van der Waals surface area contributed by atoms with E-state index in [-0.39, 0.29) is 15.9 Å². The molecule has 112 valence electrons. The van der Waals surface area contributed by atoms with Gasteiger partial charge in [0.1, 0.15) is 11.4 Å². The minimum Gasteiger partial charge on any atom is -0.618 e. The molecule has 0 unspecified atom stereocenters. The van der Waals surface area contributed by atoms with E-state index in [0.29, 0.717) is 6.07 Å². The topological polar surface area (TPSA) is 43.1 Å². The molecule has 7 heteroatoms. The molecule has 0 spiro atoms. The van der Waals surface area contributed by atoms with Gasteiger partial charge in [0.2, 0.25) is 5.69 Å². The quantitative estimate of drug-likeness (QED) is 0.458. The Balaban J connectivity index is 2.20. The molecule has 0 aromatic heterocycles. The fraction of sp³-hybridized carbons (Fsp3) is 0.0667. The molecule has 3 nitrogen and oxygen atoms in total. The zero-order valence-corrected chi connectivity index (χ0v) is 10.8. The van der Waals surface area contributed by atoms with Gasteiger partial charge in [0, 0.05) is 6.07 Å². The maximum absolute atomic E-state index is 13.8. The fourth-order valence-corrected chi connectivity index (χ4v) is 2.29. The number of nitrogens with zero attached hydrogens (tertiary/aromatic N) is 1. The van der Waals surface area contributed by atoms with Crippen molar-refractivity contribution in [3.8, 4) is 0 Å². The normalized spacial score (nSPS) is 14.5. The maximum Gasteiger partial charge on any atom is 0.416 e. The van der Waals surface area contributed by atoms with Crippen molar-refractivity contribution in [3.63, 3.8) is 0 Å². The van der Waals surface area contributed by atoms with E-state index in [2.05, 4.69) is 0 Å². The van der Waals surface area contributed by atoms with Crippen molar-refractivity contribution in [2.24, 2.45) is 0 Å². The summed E-state index contributed by atoms with van der Waals surface area (Å²) in [6.07, 6.45) is -4.64. The first-order valence-electron chi connectivity index (χ1n) is 6.16. The van der Waals surface area contributed by atoms with E-state index in [4.69, 9.17) is 0 Å². The summed E-state index contributed by atoms with van der Waals surface area (Å²) in [6, 6.07) is 7.33. The Hall–Kier alpha value is -2.70. The lowest BCUT2D eigenvalue weighted by atomic mass is 10.0. The number of carbonyl (C=O) groups is 1. The van der Waals surface area contributed by atoms with Crippen molar-refractivity contribution < 1.29 is 27.1 Å². The van der Waals surface area contributed by atoms with Crippen LogP contribution in [0.3, 0.4) is 0 Å². The Bertz CT molecular complexity index is 825. The number of fused-ring (bicyclic) bond motifs is 1. The van der Waals surface area contributed by atoms with Crippen molar-refractivity contribution in [1.82, 2.24) is 0 Å². The first-order valence-corrected chi connectivity index (χ1v) is 6.16. The van der Waals surface area contributed by atoms with E-state index in [9.17, 15) is 27.6 Å². The van der Waals surface area contributed by atoms with Gasteiger partial charge in [-0.15, -0.1) is 0 Å². The van der Waals surface area contributed by atoms with Gasteiger partial charge in [-0.3, -0.25) is 4.79 Å². The van der Waals surface area contributed by atoms with Crippen molar-refractivity contribution in [3.05, 3.63) is 70.2 Å². The lowest BCUT2D eigenvalue weighted by Crippen LogP contribution is -2.18. The zero-order valence-electron chi connectivity index (χ0n) is 10.8. The van der Waals surface area contributed by atoms with Gasteiger partial charge in [-0.25, -0.2) is 4.39 Å². The van der Waals surface area contributed by atoms with Gasteiger partial charge in [-0.1, -0.05) is 12.1 Å². The van der Waals surface area contributed by atoms with Crippen LogP contribution in [0.1, 0.15) is 21.5 Å². The van der Waals surface area contributed by atoms with Crippen molar-refractivity contribution in [2.45, 2.75) is 6.18 Å². The molecule has 1 aliphatic rings. The van der Waals surface area contributed by atoms with Crippen LogP contribution in [0.15, 0.2) is 42.5 Å². The zero-order chi connectivity index (χ0) is 16.1. The van der Waals surface area contributed by atoms with Crippen LogP contribution in [0.4, 0.5) is 23.2 Å². The second-order valence-corrected chi connectivity index (χ2v) is 4.68. The number of hydrogen-bond acceptors (Lipinski definition) is 2. The Morgan fingerprint density at radius 1 is 1.00 bits per heavy atom. The standard InChI is InChI=1S/C15H7F4NO2/c16-11-4-2-1-3-9(11)13-14(21)10-6-5-8(15(17,18)19)7-12(10)20(13)22/h1-7H. The van der Waals surface area contributed by atoms with Crippen LogP contribution < -0.4 is 0 Å². The molecular weight excluding hydrogens is 302 g/mol. The molecule has 3 rings (SSSR count). The van der Waals surface area contributed by atoms with Crippen molar-refractivity contribution in [1.29, 1.82) is 0 Å². The average molecular weight is 309 g/mol. The number of hydrogen-bond donors (Lipinski definition) is 0. The lowest BCUT2D eigenvalue weighted by Gasteiger charge is -2.07. The molecule has 1 aliphatic heterocycles. The molecule has 0 bridgehead atoms. The van der Waals surface area contributed by atoms with Crippen molar-refractivity contribution >= 4 is 17.2 Å². The molecule has 0 saturated carbocycles. The summed E-state index contributed by atoms with van der Waals surface area (Å²) >= 11 is 0. The molecule has 0 fully saturated rings. The van der Waals surface area contributed by atoms with Gasteiger partial charge in [0.25, 0.3) is 11.5 Å². The number of carbonyl (C=O) groups excluding carboxylic acids is 1. The Labute approximate surface area is 121 Å². The summed E-state index contributed by atoms with van der Waals surface area (Å²) in [5.74, 6) is -1.60. The summed E-state index contributed by atoms with van der Waals surface area (Å²) in [6.45, 7) is 0. The van der Waals surface area contributed by atoms with Crippen molar-refractivity contribution in [2.75, 3.05) is 0 Å². The smallest absolute Gasteiger partial charge is 0.416 e. The number of Topliss-reactive ketones (excluding diaryl/α,β-unsaturated/α-hetero) is 1. The number of rotatable bonds is 1. The third-order valence-electron chi connectivity index (χ3n) is 3.34. The van der Waals surface area contributed by atoms with E-state index in [1.54, 1.807) is 0 Å². The summed E-state index contributed by atoms with van der Waals surface area (Å²) in [5, 5.41) is 12.2. The Morgan fingerprint density at radius 2 is 1.68 bits per heavy atom. The molecule has 0 atom stereocenters. The number of alkyl halides is 3. The molecule has 0 N–H and O–H groups in total. The van der Waals surface area contributed by atoms with Crippen LogP contribution in [0.2, 0.25) is 0 Å². The second-order valence-electron chi connectivity index (χ2n) is 4.68. The van der Waals surface area contributed by atoms with Crippen LogP contribution in [-0.2, 0) is 6.18 Å². The highest BCUT2D eigenvalue weighted by molar-refractivity contribution is 6.52. The van der Waals surface area contributed by atoms with E-state index < -0.39 is 34.7 Å². The Morgan fingerprint density at radius 3 is 2.32 bits per heavy atom. The summed E-state index contributed by atoms with van der Waals surface area (Å²) in [5.41, 5.74) is -2.42. The molecule has 0 radical (unpaired) electrons. The third-order valence-corrected chi connectivity index (χ3v) is 3.34. The molecule has 2 aromatic carbocycles. The first-order chi connectivity index (χ1) is 10.3. The number of benzene rings is 2. The Kier molecular flexibility index (Phi) is 3.01. The number of ketones is 1. The van der Waals surface area contributed by atoms with Gasteiger partial charge in [-0.05, 0) is 24.3 Å². The van der Waals surface area contributed by atoms with Crippen LogP contribution in [-0.4, -0.2) is 16.2 Å². The molecule has 0 aliphatic carbocycles. The van der Waals surface area contributed by atoms with Gasteiger partial charge in [0.15, 0.2) is 0 Å². The SMILES string of the molecule is O=C1C(c2ccccc2F)=[N+]([O-])c2cc(C(F)(F)F)ccc21. The minimum absolute atomic E-state index is 0.0469. The highest BCUT2D eigenvalue weighted by atomic mass is 19.4. The molecule has 2 aromatic rings. The summed E-state index contributed by atoms with van der Waals surface area (Å²) < 4.78 is 51.9. The summed E-state index contributed by atoms with van der Waals surface area (Å²) in [4.78, 5) is 12.2. The fourth-order valence-electron chi connectivity index (χ4n) is 2.29. The lowest BCUT2D eigenvalue weighted by molar-refractivity contribution is -0.355. The second kappa shape index (κ2) is 4.66. The van der Waals surface area contributed by atoms with Crippen LogP contribution in [0.5, 0.6) is 0 Å². The number of halogens is 4. The van der Waals surface area contributed by atoms with Gasteiger partial charge in [0.05, 0.1) is 11.1 Å². The molecule has 1 heterocycles. The molecule has 22 heavy (non-hydrogen) atoms. The van der Waals surface area contributed by atoms with Gasteiger partial charge < -0.3 is 5.21 Å². The van der Waals surface area contributed by atoms with Crippen LogP contribution in [0.25, 0.3) is 0 Å². The van der Waals surface area contributed by atoms with E-state index >= 15 is 0 Å². The predicted molar refractivity (Wildman–Crippen MR) is 69.6 cm³/mol. The van der Waals surface area contributed by atoms with Gasteiger partial charge in [-0.2, -0.15) is 17.9 Å². The first kappa shape index (κ1) is 14.2. The predicted octanol–water partition coefficient (Wildman–Crippen LogP) is 3.67. The van der Waals surface area contributed by atoms with E-state index in [1.807, 2.05) is 0 Å². The van der Waals surface area contributed by atoms with E-state index in [1.165, 1.54) is 18.2 Å². The summed E-state index contributed by atoms with van der Waals surface area (Å²) in [7, 11) is 0. The maximum atomic E-state index is 13.8. The highest BCUT2D eigenvalue weighted by Crippen LogP contribution is 2.36. The van der Waals surface area contributed by atoms with Crippen LogP contribution >= 0.6 is 0 Å². The largest absolute Gasteiger partial charge is 0.618 e. The van der Waals surface area contributed by atoms with Crippen LogP contribution in [0, 0.1) is 11.0 Å². The molecule has 0 saturated heterocycles. The highest BCUT2D eigenvalue weighted by Gasteiger charge is 2.40. The van der Waals surface area contributed by atoms with E-state index in [0.717, 1.165) is 18.2 Å². The minimum atomic E-state index is -4.64.